The number of hydrogen-bond donors (Lipinski definition) is 0. The molecule has 0 aromatic heterocycles. The third-order valence-electron chi connectivity index (χ3n) is 3.99. The maximum atomic E-state index is 12.8. The maximum absolute atomic E-state index is 12.8. The molecular formula is C22H29N3O4. The molecule has 0 bridgehead atoms. The predicted molar refractivity (Wildman–Crippen MR) is 109 cm³/mol. The molecule has 1 aliphatic rings. The molecule has 7 nitrogen and oxygen atoms in total. The highest BCUT2D eigenvalue weighted by Gasteiger charge is 2.37. The van der Waals surface area contributed by atoms with E-state index in [0.29, 0.717) is 12.0 Å². The summed E-state index contributed by atoms with van der Waals surface area (Å²) in [5.41, 5.74) is 0.622. The Labute approximate surface area is 172 Å². The number of nitriles is 1. The van der Waals surface area contributed by atoms with Gasteiger partial charge in [-0.05, 0) is 59.1 Å². The van der Waals surface area contributed by atoms with Crippen LogP contribution in [0.25, 0.3) is 5.57 Å². The summed E-state index contributed by atoms with van der Waals surface area (Å²) in [5.74, 6) is 0. The van der Waals surface area contributed by atoms with E-state index in [-0.39, 0.29) is 13.1 Å². The number of carbonyl (C=O) groups is 2. The van der Waals surface area contributed by atoms with E-state index < -0.39 is 23.4 Å². The highest BCUT2D eigenvalue weighted by molar-refractivity contribution is 5.81. The SMILES string of the molecule is CC(C)(C)OC(=O)N1CCC(=C(C#N)c2ccccc2)CN1C(=O)OC(C)(C)C. The molecule has 0 radical (unpaired) electrons. The first-order valence-electron chi connectivity index (χ1n) is 9.60. The topological polar surface area (TPSA) is 82.9 Å². The molecule has 0 saturated carbocycles. The van der Waals surface area contributed by atoms with Crippen molar-refractivity contribution in [1.82, 2.24) is 10.0 Å². The molecular weight excluding hydrogens is 370 g/mol. The molecule has 0 unspecified atom stereocenters. The fourth-order valence-corrected chi connectivity index (χ4v) is 2.85. The molecule has 0 aliphatic carbocycles. The Balaban J connectivity index is 2.38. The summed E-state index contributed by atoms with van der Waals surface area (Å²) in [6, 6.07) is 11.5. The first-order chi connectivity index (χ1) is 13.4. The quantitative estimate of drug-likeness (QED) is 0.636. The largest absolute Gasteiger partial charge is 0.442 e. The van der Waals surface area contributed by atoms with Crippen molar-refractivity contribution < 1.29 is 19.1 Å². The maximum Gasteiger partial charge on any atom is 0.429 e. The van der Waals surface area contributed by atoms with Crippen LogP contribution in [0.2, 0.25) is 0 Å². The first kappa shape index (κ1) is 22.3. The van der Waals surface area contributed by atoms with Crippen LogP contribution in [0, 0.1) is 11.3 Å². The van der Waals surface area contributed by atoms with E-state index in [1.54, 1.807) is 41.5 Å². The Morgan fingerprint density at radius 3 is 1.93 bits per heavy atom. The Kier molecular flexibility index (Phi) is 6.58. The van der Waals surface area contributed by atoms with E-state index in [1.807, 2.05) is 30.3 Å². The molecule has 7 heteroatoms. The molecule has 1 aromatic carbocycles. The minimum absolute atomic E-state index is 0.0753. The third-order valence-corrected chi connectivity index (χ3v) is 3.99. The van der Waals surface area contributed by atoms with Gasteiger partial charge in [-0.25, -0.2) is 19.6 Å². The standard InChI is InChI=1S/C22H29N3O4/c1-21(2,3)28-19(26)24-13-12-17(15-25(24)20(27)29-22(4,5)6)18(14-23)16-10-8-7-9-11-16/h7-11H,12-13,15H2,1-6H3. The monoisotopic (exact) mass is 399 g/mol. The molecule has 0 N–H and O–H groups in total. The van der Waals surface area contributed by atoms with E-state index >= 15 is 0 Å². The Bertz CT molecular complexity index is 826. The van der Waals surface area contributed by atoms with Gasteiger partial charge in [0.25, 0.3) is 0 Å². The second-order valence-electron chi connectivity index (χ2n) is 8.85. The van der Waals surface area contributed by atoms with Gasteiger partial charge in [-0.15, -0.1) is 0 Å². The van der Waals surface area contributed by atoms with Crippen molar-refractivity contribution in [3.63, 3.8) is 0 Å². The average Bonchev–Trinajstić information content (AvgIpc) is 2.60. The van der Waals surface area contributed by atoms with Crippen molar-refractivity contribution in [3.05, 3.63) is 41.5 Å². The number of benzene rings is 1. The lowest BCUT2D eigenvalue weighted by Gasteiger charge is -2.40. The van der Waals surface area contributed by atoms with Gasteiger partial charge in [-0.1, -0.05) is 30.3 Å². The molecule has 1 fully saturated rings. The van der Waals surface area contributed by atoms with Crippen LogP contribution >= 0.6 is 0 Å². The second-order valence-corrected chi connectivity index (χ2v) is 8.85. The fourth-order valence-electron chi connectivity index (χ4n) is 2.85. The van der Waals surface area contributed by atoms with E-state index in [9.17, 15) is 14.9 Å². The smallest absolute Gasteiger partial charge is 0.429 e. The molecule has 0 atom stereocenters. The van der Waals surface area contributed by atoms with Crippen LogP contribution in [0.5, 0.6) is 0 Å². The number of allylic oxidation sites excluding steroid dienone is 1. The summed E-state index contributed by atoms with van der Waals surface area (Å²) < 4.78 is 10.9. The van der Waals surface area contributed by atoms with Crippen LogP contribution in [0.15, 0.2) is 35.9 Å². The number of nitrogens with zero attached hydrogens (tertiary/aromatic N) is 3. The summed E-state index contributed by atoms with van der Waals surface area (Å²) in [6.07, 6.45) is -0.831. The zero-order valence-corrected chi connectivity index (χ0v) is 18.0. The van der Waals surface area contributed by atoms with Gasteiger partial charge in [0.05, 0.1) is 24.7 Å². The van der Waals surface area contributed by atoms with Crippen molar-refractivity contribution in [2.24, 2.45) is 0 Å². The van der Waals surface area contributed by atoms with Gasteiger partial charge in [0.2, 0.25) is 0 Å². The van der Waals surface area contributed by atoms with Crippen molar-refractivity contribution in [2.45, 2.75) is 59.2 Å². The van der Waals surface area contributed by atoms with Crippen LogP contribution in [0.3, 0.4) is 0 Å². The highest BCUT2D eigenvalue weighted by atomic mass is 16.6. The molecule has 1 aromatic rings. The van der Waals surface area contributed by atoms with E-state index in [0.717, 1.165) is 11.1 Å². The normalized spacial score (nSPS) is 16.7. The van der Waals surface area contributed by atoms with Gasteiger partial charge in [-0.2, -0.15) is 5.26 Å². The zero-order chi connectivity index (χ0) is 21.8. The molecule has 1 saturated heterocycles. The molecule has 2 rings (SSSR count). The number of ether oxygens (including phenoxy) is 2. The number of carbonyl (C=O) groups excluding carboxylic acids is 2. The predicted octanol–water partition coefficient (Wildman–Crippen LogP) is 4.76. The van der Waals surface area contributed by atoms with E-state index in [2.05, 4.69) is 6.07 Å². The van der Waals surface area contributed by atoms with Crippen LogP contribution < -0.4 is 0 Å². The van der Waals surface area contributed by atoms with Gasteiger partial charge in [0.1, 0.15) is 11.2 Å². The fraction of sp³-hybridized carbons (Fsp3) is 0.500. The number of hydrogen-bond acceptors (Lipinski definition) is 5. The Hall–Kier alpha value is -3.01. The molecule has 1 aliphatic heterocycles. The average molecular weight is 399 g/mol. The van der Waals surface area contributed by atoms with Gasteiger partial charge < -0.3 is 9.47 Å². The Morgan fingerprint density at radius 2 is 1.45 bits per heavy atom. The molecule has 2 amide bonds. The van der Waals surface area contributed by atoms with Gasteiger partial charge in [0, 0.05) is 0 Å². The zero-order valence-electron chi connectivity index (χ0n) is 18.0. The van der Waals surface area contributed by atoms with E-state index in [4.69, 9.17) is 9.47 Å². The van der Waals surface area contributed by atoms with Crippen molar-refractivity contribution in [3.8, 4) is 6.07 Å². The van der Waals surface area contributed by atoms with Gasteiger partial charge in [0.15, 0.2) is 0 Å². The number of amides is 2. The van der Waals surface area contributed by atoms with Crippen molar-refractivity contribution in [1.29, 1.82) is 5.26 Å². The van der Waals surface area contributed by atoms with Crippen LogP contribution in [-0.2, 0) is 9.47 Å². The second kappa shape index (κ2) is 8.56. The lowest BCUT2D eigenvalue weighted by atomic mass is 9.97. The first-order valence-corrected chi connectivity index (χ1v) is 9.60. The molecule has 156 valence electrons. The summed E-state index contributed by atoms with van der Waals surface area (Å²) >= 11 is 0. The summed E-state index contributed by atoms with van der Waals surface area (Å²) in [4.78, 5) is 25.5. The van der Waals surface area contributed by atoms with Crippen molar-refractivity contribution >= 4 is 17.8 Å². The molecule has 1 heterocycles. The third kappa shape index (κ3) is 6.24. The van der Waals surface area contributed by atoms with Crippen LogP contribution in [0.1, 0.15) is 53.5 Å². The minimum atomic E-state index is -0.727. The molecule has 0 spiro atoms. The number of rotatable bonds is 1. The summed E-state index contributed by atoms with van der Waals surface area (Å²) in [7, 11) is 0. The van der Waals surface area contributed by atoms with Crippen LogP contribution in [0.4, 0.5) is 9.59 Å². The lowest BCUT2D eigenvalue weighted by Crippen LogP contribution is -2.56. The van der Waals surface area contributed by atoms with E-state index in [1.165, 1.54) is 10.0 Å². The van der Waals surface area contributed by atoms with Crippen molar-refractivity contribution in [2.75, 3.05) is 13.1 Å². The highest BCUT2D eigenvalue weighted by Crippen LogP contribution is 2.27. The van der Waals surface area contributed by atoms with Gasteiger partial charge in [-0.3, -0.25) is 0 Å². The minimum Gasteiger partial charge on any atom is -0.442 e. The molecule has 29 heavy (non-hydrogen) atoms. The summed E-state index contributed by atoms with van der Waals surface area (Å²) in [6.45, 7) is 10.9. The van der Waals surface area contributed by atoms with Gasteiger partial charge >= 0.3 is 12.2 Å². The lowest BCUT2D eigenvalue weighted by molar-refractivity contribution is -0.0656. The Morgan fingerprint density at radius 1 is 0.931 bits per heavy atom. The van der Waals surface area contributed by atoms with Crippen LogP contribution in [-0.4, -0.2) is 46.5 Å². The number of hydrazine groups is 1. The summed E-state index contributed by atoms with van der Waals surface area (Å²) in [5, 5.41) is 12.2.